The van der Waals surface area contributed by atoms with Gasteiger partial charge in [-0.15, -0.1) is 0 Å². The van der Waals surface area contributed by atoms with E-state index in [9.17, 15) is 9.36 Å². The molecular weight excluding hydrogens is 231 g/mol. The highest BCUT2D eigenvalue weighted by molar-refractivity contribution is 7.54. The van der Waals surface area contributed by atoms with Crippen molar-refractivity contribution in [3.8, 4) is 0 Å². The van der Waals surface area contributed by atoms with Crippen molar-refractivity contribution in [1.82, 2.24) is 0 Å². The molecule has 1 heterocycles. The number of carbonyl (C=O) groups is 1. The second-order valence-corrected chi connectivity index (χ2v) is 5.78. The Morgan fingerprint density at radius 3 is 2.50 bits per heavy atom. The maximum atomic E-state index is 12.2. The van der Waals surface area contributed by atoms with Gasteiger partial charge in [-0.1, -0.05) is 0 Å². The van der Waals surface area contributed by atoms with Gasteiger partial charge in [-0.25, -0.2) is 0 Å². The van der Waals surface area contributed by atoms with Crippen molar-refractivity contribution in [2.24, 2.45) is 0 Å². The van der Waals surface area contributed by atoms with E-state index in [2.05, 4.69) is 0 Å². The van der Waals surface area contributed by atoms with Gasteiger partial charge in [-0.3, -0.25) is 9.36 Å². The Morgan fingerprint density at radius 1 is 1.50 bits per heavy atom. The third-order valence-electron chi connectivity index (χ3n) is 2.24. The van der Waals surface area contributed by atoms with E-state index in [-0.39, 0.29) is 12.2 Å². The highest BCUT2D eigenvalue weighted by Gasteiger charge is 2.38. The fraction of sp³-hybridized carbons (Fsp3) is 0.500. The first-order chi connectivity index (χ1) is 7.53. The van der Waals surface area contributed by atoms with E-state index < -0.39 is 13.3 Å². The van der Waals surface area contributed by atoms with E-state index >= 15 is 0 Å². The smallest absolute Gasteiger partial charge is 0.341 e. The fourth-order valence-corrected chi connectivity index (χ4v) is 3.05. The molecule has 1 rings (SSSR count). The molecule has 90 valence electrons. The maximum absolute atomic E-state index is 12.2. The van der Waals surface area contributed by atoms with Crippen LogP contribution in [0.3, 0.4) is 0 Å². The summed E-state index contributed by atoms with van der Waals surface area (Å²) in [6.45, 7) is 1.42. The molecule has 16 heavy (non-hydrogen) atoms. The molecule has 0 radical (unpaired) electrons. The molecular formula is C10H15O5P. The van der Waals surface area contributed by atoms with Gasteiger partial charge in [0.25, 0.3) is 0 Å². The van der Waals surface area contributed by atoms with Gasteiger partial charge in [0, 0.05) is 20.6 Å². The van der Waals surface area contributed by atoms with Crippen LogP contribution in [0.2, 0.25) is 0 Å². The molecule has 5 nitrogen and oxygen atoms in total. The maximum Gasteiger partial charge on any atom is 0.341 e. The normalized spacial score (nSPS) is 13.7. The predicted molar refractivity (Wildman–Crippen MR) is 58.4 cm³/mol. The minimum atomic E-state index is -3.35. The number of hydrogen-bond acceptors (Lipinski definition) is 5. The molecule has 0 aliphatic carbocycles. The summed E-state index contributed by atoms with van der Waals surface area (Å²) in [6, 6.07) is 3.32. The zero-order chi connectivity index (χ0) is 12.2. The van der Waals surface area contributed by atoms with Crippen LogP contribution in [0.25, 0.3) is 0 Å². The summed E-state index contributed by atoms with van der Waals surface area (Å²) in [5.74, 6) is 0.331. The monoisotopic (exact) mass is 246 g/mol. The predicted octanol–water partition coefficient (Wildman–Crippen LogP) is 2.79. The van der Waals surface area contributed by atoms with Gasteiger partial charge in [0.15, 0.2) is 0 Å². The van der Waals surface area contributed by atoms with E-state index in [1.807, 2.05) is 0 Å². The van der Waals surface area contributed by atoms with Gasteiger partial charge >= 0.3 is 7.60 Å². The Morgan fingerprint density at radius 2 is 2.12 bits per heavy atom. The van der Waals surface area contributed by atoms with Crippen molar-refractivity contribution in [1.29, 1.82) is 0 Å². The summed E-state index contributed by atoms with van der Waals surface area (Å²) in [5.41, 5.74) is -0.685. The first kappa shape index (κ1) is 13.2. The Kier molecular flexibility index (Phi) is 4.47. The molecule has 0 aliphatic rings. The molecule has 0 unspecified atom stereocenters. The summed E-state index contributed by atoms with van der Waals surface area (Å²) < 4.78 is 27.2. The Balaban J connectivity index is 3.05. The summed E-state index contributed by atoms with van der Waals surface area (Å²) in [5, 5.41) is 0. The van der Waals surface area contributed by atoms with Crippen LogP contribution in [-0.2, 0) is 18.4 Å². The lowest BCUT2D eigenvalue weighted by Crippen LogP contribution is -2.07. The van der Waals surface area contributed by atoms with E-state index in [0.29, 0.717) is 5.76 Å². The molecule has 1 aromatic rings. The van der Waals surface area contributed by atoms with Crippen LogP contribution in [-0.4, -0.2) is 20.0 Å². The third-order valence-corrected chi connectivity index (χ3v) is 4.46. The molecule has 0 saturated heterocycles. The molecule has 1 atom stereocenters. The van der Waals surface area contributed by atoms with E-state index in [0.717, 1.165) is 0 Å². The number of ketones is 1. The lowest BCUT2D eigenvalue weighted by atomic mass is 10.2. The van der Waals surface area contributed by atoms with Crippen molar-refractivity contribution in [2.75, 3.05) is 14.2 Å². The van der Waals surface area contributed by atoms with Gasteiger partial charge in [0.1, 0.15) is 17.2 Å². The molecule has 6 heteroatoms. The van der Waals surface area contributed by atoms with Crippen LogP contribution < -0.4 is 0 Å². The minimum absolute atomic E-state index is 0.0620. The van der Waals surface area contributed by atoms with Crippen molar-refractivity contribution in [3.05, 3.63) is 24.2 Å². The largest absolute Gasteiger partial charge is 0.468 e. The summed E-state index contributed by atoms with van der Waals surface area (Å²) in [4.78, 5) is 11.2. The molecule has 0 fully saturated rings. The zero-order valence-electron chi connectivity index (χ0n) is 9.50. The zero-order valence-corrected chi connectivity index (χ0v) is 10.4. The molecule has 0 spiro atoms. The van der Waals surface area contributed by atoms with Crippen molar-refractivity contribution < 1.29 is 22.8 Å². The number of furan rings is 1. The van der Waals surface area contributed by atoms with Gasteiger partial charge in [0.2, 0.25) is 0 Å². The highest BCUT2D eigenvalue weighted by atomic mass is 31.2. The lowest BCUT2D eigenvalue weighted by Gasteiger charge is -2.21. The topological polar surface area (TPSA) is 65.7 Å². The van der Waals surface area contributed by atoms with Crippen LogP contribution in [0.1, 0.15) is 24.8 Å². The van der Waals surface area contributed by atoms with Crippen LogP contribution in [0.4, 0.5) is 0 Å². The Labute approximate surface area is 94.3 Å². The molecule has 0 N–H and O–H groups in total. The van der Waals surface area contributed by atoms with E-state index in [4.69, 9.17) is 13.5 Å². The van der Waals surface area contributed by atoms with E-state index in [1.165, 1.54) is 27.4 Å². The van der Waals surface area contributed by atoms with E-state index in [1.54, 1.807) is 12.1 Å². The van der Waals surface area contributed by atoms with Crippen LogP contribution in [0.15, 0.2) is 22.8 Å². The number of rotatable bonds is 6. The summed E-state index contributed by atoms with van der Waals surface area (Å²) in [6.07, 6.45) is 1.52. The first-order valence-corrected chi connectivity index (χ1v) is 6.38. The highest BCUT2D eigenvalue weighted by Crippen LogP contribution is 2.61. The van der Waals surface area contributed by atoms with Crippen LogP contribution in [0.5, 0.6) is 0 Å². The Hall–Kier alpha value is -0.900. The lowest BCUT2D eigenvalue weighted by molar-refractivity contribution is -0.117. The average Bonchev–Trinajstić information content (AvgIpc) is 2.78. The van der Waals surface area contributed by atoms with Crippen LogP contribution >= 0.6 is 7.60 Å². The minimum Gasteiger partial charge on any atom is -0.468 e. The van der Waals surface area contributed by atoms with Crippen molar-refractivity contribution in [3.63, 3.8) is 0 Å². The first-order valence-electron chi connectivity index (χ1n) is 4.77. The van der Waals surface area contributed by atoms with Gasteiger partial charge < -0.3 is 13.5 Å². The summed E-state index contributed by atoms with van der Waals surface area (Å²) in [7, 11) is -0.764. The second-order valence-electron chi connectivity index (χ2n) is 3.34. The molecule has 0 aliphatic heterocycles. The van der Waals surface area contributed by atoms with Gasteiger partial charge in [0.05, 0.1) is 6.26 Å². The van der Waals surface area contributed by atoms with Crippen LogP contribution in [0, 0.1) is 0 Å². The molecule has 0 amide bonds. The molecule has 0 saturated carbocycles. The van der Waals surface area contributed by atoms with Gasteiger partial charge in [-0.05, 0) is 19.1 Å². The number of hydrogen-bond donors (Lipinski definition) is 0. The summed E-state index contributed by atoms with van der Waals surface area (Å²) >= 11 is 0. The fourth-order valence-electron chi connectivity index (χ4n) is 1.45. The quantitative estimate of drug-likeness (QED) is 0.722. The number of Topliss-reactive ketones (excluding diaryl/α,β-unsaturated/α-hetero) is 1. The molecule has 1 aromatic heterocycles. The SMILES string of the molecule is COP(=O)(OC)[C@@H](CC(C)=O)c1ccco1. The Bertz CT molecular complexity index is 376. The second kappa shape index (κ2) is 5.43. The standard InChI is InChI=1S/C10H15O5P/c1-8(11)7-10(9-5-4-6-15-9)16(12,13-2)14-3/h4-6,10H,7H2,1-3H3/t10-/m0/s1. The van der Waals surface area contributed by atoms with Gasteiger partial charge in [-0.2, -0.15) is 0 Å². The van der Waals surface area contributed by atoms with Crippen molar-refractivity contribution >= 4 is 13.4 Å². The average molecular weight is 246 g/mol. The molecule has 0 aromatic carbocycles. The van der Waals surface area contributed by atoms with Crippen molar-refractivity contribution in [2.45, 2.75) is 19.0 Å². The third kappa shape index (κ3) is 2.82. The number of carbonyl (C=O) groups excluding carboxylic acids is 1. The molecule has 0 bridgehead atoms.